The van der Waals surface area contributed by atoms with E-state index in [0.29, 0.717) is 105 Å². The Morgan fingerprint density at radius 3 is 1.29 bits per heavy atom. The van der Waals surface area contributed by atoms with Crippen LogP contribution in [0, 0.1) is 0 Å². The van der Waals surface area contributed by atoms with Gasteiger partial charge in [0.15, 0.2) is 23.2 Å². The van der Waals surface area contributed by atoms with Crippen molar-refractivity contribution in [3.05, 3.63) is 120 Å². The molecule has 2 fully saturated rings. The number of anilines is 6. The third-order valence-electron chi connectivity index (χ3n) is 14.3. The second kappa shape index (κ2) is 30.5. The van der Waals surface area contributed by atoms with Crippen molar-refractivity contribution in [2.24, 2.45) is 0 Å². The second-order valence-corrected chi connectivity index (χ2v) is 21.3. The molecule has 2 aliphatic rings. The van der Waals surface area contributed by atoms with Crippen molar-refractivity contribution in [1.82, 2.24) is 29.7 Å². The smallest absolute Gasteiger partial charge is 0.415 e. The van der Waals surface area contributed by atoms with E-state index >= 15 is 0 Å². The van der Waals surface area contributed by atoms with Gasteiger partial charge in [-0.3, -0.25) is 9.59 Å². The van der Waals surface area contributed by atoms with Crippen molar-refractivity contribution in [3.63, 3.8) is 0 Å². The minimum atomic E-state index is -1.09. The lowest BCUT2D eigenvalue weighted by atomic mass is 10.0. The van der Waals surface area contributed by atoms with Gasteiger partial charge in [-0.25, -0.2) is 29.1 Å². The van der Waals surface area contributed by atoms with Gasteiger partial charge in [0.05, 0.1) is 24.9 Å². The SMILES string of the molecule is CCN(CC)c1ncc(N(CC)C(=O)c2ccco2)c(N[C@H](Cc2ccc(OC(=O)N3CCCC3)cc2)C(=O)O)n1.CCN(CC)c1ncc(N(CC)C(=O)c2ccco2)c(N[C@H](Cc2ccc(OC(=O)N3CCCC3)cc2)C(=O)OC(C)(C)C)n1. The van der Waals surface area contributed by atoms with Crippen LogP contribution in [0.1, 0.15) is 120 Å². The van der Waals surface area contributed by atoms with Crippen LogP contribution in [-0.4, -0.2) is 154 Å². The van der Waals surface area contributed by atoms with Crippen LogP contribution < -0.4 is 39.7 Å². The largest absolute Gasteiger partial charge is 0.480 e. The van der Waals surface area contributed by atoms with Gasteiger partial charge in [0.2, 0.25) is 11.9 Å². The molecular formula is C62H80N12O12. The fourth-order valence-electron chi connectivity index (χ4n) is 9.66. The molecule has 2 aromatic carbocycles. The number of aromatic nitrogens is 4. The highest BCUT2D eigenvalue weighted by molar-refractivity contribution is 6.06. The molecule has 86 heavy (non-hydrogen) atoms. The fourth-order valence-corrected chi connectivity index (χ4v) is 9.66. The van der Waals surface area contributed by atoms with Crippen molar-refractivity contribution in [2.45, 2.75) is 119 Å². The molecule has 0 bridgehead atoms. The van der Waals surface area contributed by atoms with E-state index in [1.807, 2.05) is 56.6 Å². The first-order valence-corrected chi connectivity index (χ1v) is 29.4. The summed E-state index contributed by atoms with van der Waals surface area (Å²) in [6, 6.07) is 18.3. The maximum Gasteiger partial charge on any atom is 0.415 e. The Hall–Kier alpha value is -9.22. The Morgan fingerprint density at radius 2 is 0.953 bits per heavy atom. The summed E-state index contributed by atoms with van der Waals surface area (Å²) in [5.74, 6) is 0.185. The quantitative estimate of drug-likeness (QED) is 0.0476. The van der Waals surface area contributed by atoms with Gasteiger partial charge in [0.1, 0.15) is 40.6 Å². The molecule has 2 saturated heterocycles. The number of ether oxygens (including phenoxy) is 3. The van der Waals surface area contributed by atoms with Crippen LogP contribution in [0.4, 0.5) is 44.5 Å². The lowest BCUT2D eigenvalue weighted by molar-refractivity contribution is -0.155. The molecule has 2 aliphatic heterocycles. The molecule has 0 aliphatic carbocycles. The number of carbonyl (C=O) groups excluding carboxylic acids is 5. The molecule has 24 nitrogen and oxygen atoms in total. The van der Waals surface area contributed by atoms with Crippen LogP contribution in [0.25, 0.3) is 0 Å². The van der Waals surface area contributed by atoms with Crippen molar-refractivity contribution < 1.29 is 56.9 Å². The number of carbonyl (C=O) groups is 6. The van der Waals surface area contributed by atoms with Gasteiger partial charge in [-0.1, -0.05) is 24.3 Å². The predicted octanol–water partition coefficient (Wildman–Crippen LogP) is 9.83. The van der Waals surface area contributed by atoms with Crippen LogP contribution in [-0.2, 0) is 27.2 Å². The molecular weight excluding hydrogens is 1100 g/mol. The van der Waals surface area contributed by atoms with Gasteiger partial charge < -0.3 is 68.2 Å². The van der Waals surface area contributed by atoms with Gasteiger partial charge in [-0.15, -0.1) is 0 Å². The summed E-state index contributed by atoms with van der Waals surface area (Å²) in [6.07, 6.45) is 9.45. The molecule has 460 valence electrons. The molecule has 0 unspecified atom stereocenters. The second-order valence-electron chi connectivity index (χ2n) is 21.3. The molecule has 0 saturated carbocycles. The zero-order valence-corrected chi connectivity index (χ0v) is 50.6. The lowest BCUT2D eigenvalue weighted by Crippen LogP contribution is -2.39. The number of nitrogens with zero attached hydrogens (tertiary/aromatic N) is 10. The molecule has 2 atom stereocenters. The fraction of sp³-hybridized carbons (Fsp3) is 0.452. The van der Waals surface area contributed by atoms with E-state index in [0.717, 1.165) is 31.2 Å². The molecule has 4 aromatic heterocycles. The summed E-state index contributed by atoms with van der Waals surface area (Å²) in [5, 5.41) is 16.5. The van der Waals surface area contributed by atoms with Crippen molar-refractivity contribution in [3.8, 4) is 11.5 Å². The summed E-state index contributed by atoms with van der Waals surface area (Å²) in [6.45, 7) is 23.0. The van der Waals surface area contributed by atoms with E-state index in [1.165, 1.54) is 28.5 Å². The monoisotopic (exact) mass is 1180 g/mol. The molecule has 8 rings (SSSR count). The summed E-state index contributed by atoms with van der Waals surface area (Å²) < 4.78 is 27.5. The maximum atomic E-state index is 13.6. The summed E-state index contributed by atoms with van der Waals surface area (Å²) >= 11 is 0. The Morgan fingerprint density at radius 1 is 0.570 bits per heavy atom. The third kappa shape index (κ3) is 17.2. The maximum absolute atomic E-state index is 13.6. The van der Waals surface area contributed by atoms with Crippen molar-refractivity contribution >= 4 is 70.8 Å². The zero-order chi connectivity index (χ0) is 61.9. The van der Waals surface area contributed by atoms with Crippen LogP contribution in [0.2, 0.25) is 0 Å². The zero-order valence-electron chi connectivity index (χ0n) is 50.6. The normalized spacial score (nSPS) is 13.6. The highest BCUT2D eigenvalue weighted by atomic mass is 16.6. The van der Waals surface area contributed by atoms with Crippen molar-refractivity contribution in [2.75, 3.05) is 95.7 Å². The Bertz CT molecular complexity index is 3170. The average Bonchev–Trinajstić information content (AvgIpc) is 2.45. The van der Waals surface area contributed by atoms with Crippen LogP contribution in [0.5, 0.6) is 11.5 Å². The molecule has 6 aromatic rings. The number of likely N-dealkylation sites (tertiary alicyclic amines) is 2. The standard InChI is InChI=1S/C33H44N6O6.C29H36N6O6/c1-7-37(8-2)31-34-22-26(39(9-3)29(40)27-13-12-20-43-27)28(36-31)35-25(30(41)45-33(4,5)6)21-23-14-16-24(17-15-23)44-32(42)38-18-10-11-19-38;1-4-33(5-2)28-30-19-23(35(6-3)26(36)24-10-9-17-40-24)25(32-28)31-22(27(37)38)18-20-11-13-21(14-12-20)41-29(39)34-15-7-8-16-34/h12-17,20,22,25H,7-11,18-19,21H2,1-6H3,(H,34,35,36);9-14,17,19,22H,4-8,15-16,18H2,1-3H3,(H,37,38)(H,30,31,32)/t25-;22-/m11/s1. The third-order valence-corrected chi connectivity index (χ3v) is 14.3. The van der Waals surface area contributed by atoms with Crippen LogP contribution in [0.3, 0.4) is 0 Å². The number of rotatable bonds is 24. The van der Waals surface area contributed by atoms with E-state index < -0.39 is 35.5 Å². The number of aliphatic carboxylic acids is 1. The minimum Gasteiger partial charge on any atom is -0.480 e. The summed E-state index contributed by atoms with van der Waals surface area (Å²) in [5.41, 5.74) is 1.51. The minimum absolute atomic E-state index is 0.109. The summed E-state index contributed by atoms with van der Waals surface area (Å²) in [4.78, 5) is 106. The van der Waals surface area contributed by atoms with E-state index in [-0.39, 0.29) is 54.8 Å². The van der Waals surface area contributed by atoms with E-state index in [1.54, 1.807) is 104 Å². The molecule has 0 spiro atoms. The number of hydrogen-bond donors (Lipinski definition) is 3. The number of amides is 4. The first-order valence-electron chi connectivity index (χ1n) is 29.4. The Kier molecular flexibility index (Phi) is 22.9. The highest BCUT2D eigenvalue weighted by Gasteiger charge is 2.32. The van der Waals surface area contributed by atoms with E-state index in [2.05, 4.69) is 25.6 Å². The van der Waals surface area contributed by atoms with E-state index in [9.17, 15) is 33.9 Å². The highest BCUT2D eigenvalue weighted by Crippen LogP contribution is 2.31. The molecule has 24 heteroatoms. The predicted molar refractivity (Wildman–Crippen MR) is 326 cm³/mol. The lowest BCUT2D eigenvalue weighted by Gasteiger charge is -2.28. The first kappa shape index (κ1) is 64.3. The number of carboxylic acids is 1. The van der Waals surface area contributed by atoms with Gasteiger partial charge in [-0.2, -0.15) is 9.97 Å². The average molecular weight is 1190 g/mol. The van der Waals surface area contributed by atoms with Gasteiger partial charge in [-0.05, 0) is 148 Å². The van der Waals surface area contributed by atoms with Crippen molar-refractivity contribution in [1.29, 1.82) is 0 Å². The molecule has 3 N–H and O–H groups in total. The van der Waals surface area contributed by atoms with Gasteiger partial charge in [0.25, 0.3) is 11.8 Å². The number of esters is 1. The number of furan rings is 2. The number of hydrogen-bond acceptors (Lipinski definition) is 19. The van der Waals surface area contributed by atoms with Gasteiger partial charge >= 0.3 is 24.1 Å². The van der Waals surface area contributed by atoms with Crippen LogP contribution >= 0.6 is 0 Å². The van der Waals surface area contributed by atoms with Crippen LogP contribution in [0.15, 0.2) is 107 Å². The van der Waals surface area contributed by atoms with Gasteiger partial charge in [0, 0.05) is 78.3 Å². The summed E-state index contributed by atoms with van der Waals surface area (Å²) in [7, 11) is 0. The number of nitrogens with one attached hydrogen (secondary N) is 2. The Labute approximate surface area is 501 Å². The topological polar surface area (TPSA) is 272 Å². The Balaban J connectivity index is 0.000000247. The molecule has 6 heterocycles. The number of benzene rings is 2. The molecule has 4 amide bonds. The van der Waals surface area contributed by atoms with E-state index in [4.69, 9.17) is 28.0 Å². The first-order chi connectivity index (χ1) is 41.4. The molecule has 0 radical (unpaired) electrons. The number of carboxylic acid groups (broad SMARTS) is 1.